The monoisotopic (exact) mass is 1290 g/mol. The molecular formula is C82H104Ge2Si2. The van der Waals surface area contributed by atoms with Crippen molar-refractivity contribution in [2.24, 2.45) is 0 Å². The molecule has 448 valence electrons. The third-order valence-electron chi connectivity index (χ3n) is 17.5. The van der Waals surface area contributed by atoms with E-state index in [-0.39, 0.29) is 12.8 Å². The summed E-state index contributed by atoms with van der Waals surface area (Å²) in [6.07, 6.45) is 0. The molecule has 10 aromatic rings. The van der Waals surface area contributed by atoms with Gasteiger partial charge in [-0.15, -0.1) is 0 Å². The summed E-state index contributed by atoms with van der Waals surface area (Å²) in [5, 5.41) is 6.05. The average Bonchev–Trinajstić information content (AvgIpc) is 2.87. The Kier molecular flexibility index (Phi) is 25.5. The Balaban J connectivity index is 0.000000196. The molecule has 10 aromatic carbocycles. The van der Waals surface area contributed by atoms with E-state index in [0.717, 1.165) is 0 Å². The van der Waals surface area contributed by atoms with Gasteiger partial charge < -0.3 is 0 Å². The second-order valence-electron chi connectivity index (χ2n) is 26.8. The molecular weight excluding hydrogens is 1190 g/mol. The molecule has 0 aliphatic heterocycles. The van der Waals surface area contributed by atoms with Crippen molar-refractivity contribution in [3.05, 3.63) is 309 Å². The van der Waals surface area contributed by atoms with E-state index in [1.807, 2.05) is 0 Å². The van der Waals surface area contributed by atoms with Crippen molar-refractivity contribution < 1.29 is 0 Å². The van der Waals surface area contributed by atoms with Crippen LogP contribution >= 0.6 is 0 Å². The zero-order valence-electron chi connectivity index (χ0n) is 55.6. The van der Waals surface area contributed by atoms with Crippen molar-refractivity contribution >= 4 is 81.0 Å². The topological polar surface area (TPSA) is 0 Å². The molecule has 86 heavy (non-hydrogen) atoms. The minimum absolute atomic E-state index is 0. The third-order valence-corrected chi connectivity index (χ3v) is 39.4. The summed E-state index contributed by atoms with van der Waals surface area (Å²) >= 11 is -4.12. The minimum Gasteiger partial charge on any atom is -0.0626 e. The average molecular weight is 1290 g/mol. The molecule has 0 radical (unpaired) electrons. The summed E-state index contributed by atoms with van der Waals surface area (Å²) in [7, 11) is -3.02. The molecule has 0 N–H and O–H groups in total. The van der Waals surface area contributed by atoms with Crippen LogP contribution in [0.15, 0.2) is 243 Å². The van der Waals surface area contributed by atoms with Crippen molar-refractivity contribution in [3.8, 4) is 0 Å². The van der Waals surface area contributed by atoms with Gasteiger partial charge in [-0.25, -0.2) is 0 Å². The van der Waals surface area contributed by atoms with Gasteiger partial charge in [0, 0.05) is 5.41 Å². The molecule has 0 bridgehead atoms. The Morgan fingerprint density at radius 1 is 0.244 bits per heavy atom. The normalized spacial score (nSPS) is 11.4. The van der Waals surface area contributed by atoms with E-state index in [9.17, 15) is 0 Å². The van der Waals surface area contributed by atoms with Gasteiger partial charge in [-0.2, -0.15) is 0 Å². The maximum absolute atomic E-state index is 2.48. The van der Waals surface area contributed by atoms with Gasteiger partial charge in [0.15, 0.2) is 0 Å². The Morgan fingerprint density at radius 2 is 0.488 bits per heavy atom. The fourth-order valence-corrected chi connectivity index (χ4v) is 26.0. The first kappa shape index (κ1) is 70.5. The van der Waals surface area contributed by atoms with Crippen molar-refractivity contribution in [2.45, 2.75) is 145 Å². The van der Waals surface area contributed by atoms with E-state index < -0.39 is 42.7 Å². The molecule has 0 aliphatic rings. The van der Waals surface area contributed by atoms with E-state index >= 15 is 0 Å². The first-order valence-electron chi connectivity index (χ1n) is 30.7. The van der Waals surface area contributed by atoms with Gasteiger partial charge in [0.25, 0.3) is 0 Å². The van der Waals surface area contributed by atoms with Crippen LogP contribution in [-0.2, 0) is 5.41 Å². The quantitative estimate of drug-likeness (QED) is 0.120. The Labute approximate surface area is 531 Å². The maximum Gasteiger partial charge on any atom is 0.112 e. The molecule has 0 nitrogen and oxygen atoms in total. The smallest absolute Gasteiger partial charge is 0.0626 e. The molecule has 0 aliphatic carbocycles. The number of benzene rings is 10. The van der Waals surface area contributed by atoms with E-state index in [2.05, 4.69) is 375 Å². The molecule has 10 rings (SSSR count). The van der Waals surface area contributed by atoms with Crippen LogP contribution in [-0.4, -0.2) is 42.7 Å². The van der Waals surface area contributed by atoms with E-state index in [1.54, 1.807) is 17.6 Å². The number of rotatable bonds is 10. The zero-order valence-corrected chi connectivity index (χ0v) is 61.8. The molecule has 0 unspecified atom stereocenters. The van der Waals surface area contributed by atoms with Crippen LogP contribution in [0, 0.1) is 69.2 Å². The van der Waals surface area contributed by atoms with Gasteiger partial charge >= 0.3 is 214 Å². The van der Waals surface area contributed by atoms with Crippen LogP contribution in [0.4, 0.5) is 0 Å². The van der Waals surface area contributed by atoms with Gasteiger partial charge in [-0.3, -0.25) is 0 Å². The molecule has 0 atom stereocenters. The Morgan fingerprint density at radius 3 is 0.779 bits per heavy atom. The predicted octanol–water partition coefficient (Wildman–Crippen LogP) is 17.8. The van der Waals surface area contributed by atoms with Crippen LogP contribution < -0.4 is 38.3 Å². The largest absolute Gasteiger partial charge is 0.112 e. The molecule has 4 heteroatoms. The van der Waals surface area contributed by atoms with Gasteiger partial charge in [0.1, 0.15) is 16.1 Å². The fraction of sp³-hybridized carbons (Fsp3) is 0.268. The molecule has 0 amide bonds. The minimum atomic E-state index is -2.07. The summed E-state index contributed by atoms with van der Waals surface area (Å²) in [4.78, 5) is 0. The third kappa shape index (κ3) is 19.4. The van der Waals surface area contributed by atoms with Gasteiger partial charge in [-0.05, 0) is 52.7 Å². The molecule has 0 heterocycles. The first-order valence-corrected chi connectivity index (χ1v) is 49.3. The standard InChI is InChI=1S/C17H20.2C16H20Ge.2C16H20Si.CH4/c1-13-7-5-9-15(11-13)17(3,4)16-10-6-8-14(2)12-16;1-13-5-9-15(10-6-13)17(3,4)16-11-7-14(2)8-12-16;1-13-7-5-9-15(11-13)17(3,4)16-10-6-8-14(2)12-16;1-13-5-9-15(10-6-13)17(3,4)16-11-7-14(2)8-12-16;1-13-7-5-9-15(11-13)17(3,4)16-10-6-8-14(2)12-16;/h5*5-12H,1-4H3;1H4. The van der Waals surface area contributed by atoms with Gasteiger partial charge in [-0.1, -0.05) is 247 Å². The fourth-order valence-electron chi connectivity index (χ4n) is 10.9. The van der Waals surface area contributed by atoms with Crippen LogP contribution in [0.25, 0.3) is 0 Å². The predicted molar refractivity (Wildman–Crippen MR) is 398 cm³/mol. The molecule has 0 spiro atoms. The SMILES string of the molecule is C.Cc1cc[c]([Ge]([CH3])([CH3])[c]2ccc(C)cc2)cc1.Cc1ccc([Si](C)(C)c2ccc(C)cc2)cc1.Cc1ccc[c]([Ge]([CH3])([CH3])[c]2cccc(C)c2)c1.Cc1cccc(C(C)(C)c2cccc(C)c2)c1.Cc1cccc([Si](C)(C)c2cccc(C)c2)c1. The molecule has 0 fully saturated rings. The Hall–Kier alpha value is -6.28. The van der Waals surface area contributed by atoms with Crippen molar-refractivity contribution in [1.82, 2.24) is 0 Å². The zero-order chi connectivity index (χ0) is 62.3. The number of hydrogen-bond acceptors (Lipinski definition) is 0. The van der Waals surface area contributed by atoms with Crippen molar-refractivity contribution in [1.29, 1.82) is 0 Å². The van der Waals surface area contributed by atoms with Gasteiger partial charge in [0.2, 0.25) is 0 Å². The van der Waals surface area contributed by atoms with E-state index in [0.29, 0.717) is 0 Å². The summed E-state index contributed by atoms with van der Waals surface area (Å²) < 4.78 is 6.24. The summed E-state index contributed by atoms with van der Waals surface area (Å²) in [6.45, 7) is 35.8. The van der Waals surface area contributed by atoms with Crippen LogP contribution in [0.3, 0.4) is 0 Å². The molecule has 0 saturated heterocycles. The number of hydrogen-bond donors (Lipinski definition) is 0. The first-order chi connectivity index (χ1) is 40.0. The number of aryl methyl sites for hydroxylation is 10. The van der Waals surface area contributed by atoms with Crippen LogP contribution in [0.1, 0.15) is 88.0 Å². The molecule has 0 saturated carbocycles. The van der Waals surface area contributed by atoms with Crippen LogP contribution in [0.2, 0.25) is 49.2 Å². The summed E-state index contributed by atoms with van der Waals surface area (Å²) in [5.41, 5.74) is 16.3. The van der Waals surface area contributed by atoms with E-state index in [1.165, 1.54) is 87.5 Å². The Bertz CT molecular complexity index is 3140. The van der Waals surface area contributed by atoms with Gasteiger partial charge in [0.05, 0.1) is 0 Å². The summed E-state index contributed by atoms with van der Waals surface area (Å²) in [6, 6.07) is 89.8. The van der Waals surface area contributed by atoms with Crippen molar-refractivity contribution in [2.75, 3.05) is 0 Å². The summed E-state index contributed by atoms with van der Waals surface area (Å²) in [5.74, 6) is 9.89. The van der Waals surface area contributed by atoms with Crippen LogP contribution in [0.5, 0.6) is 0 Å². The second kappa shape index (κ2) is 31.1. The second-order valence-corrected chi connectivity index (χ2v) is 54.1. The maximum atomic E-state index is 2.48. The van der Waals surface area contributed by atoms with Crippen molar-refractivity contribution in [3.63, 3.8) is 0 Å². The van der Waals surface area contributed by atoms with E-state index in [4.69, 9.17) is 0 Å². The molecule has 0 aromatic heterocycles.